The van der Waals surface area contributed by atoms with Gasteiger partial charge in [0.15, 0.2) is 0 Å². The van der Waals surface area contributed by atoms with Crippen molar-refractivity contribution in [3.8, 4) is 0 Å². The highest BCUT2D eigenvalue weighted by Crippen LogP contribution is 2.24. The molecule has 0 spiro atoms. The van der Waals surface area contributed by atoms with Crippen molar-refractivity contribution in [3.05, 3.63) is 42.0 Å². The lowest BCUT2D eigenvalue weighted by molar-refractivity contribution is -0.120. The maximum absolute atomic E-state index is 12.4. The molecule has 0 radical (unpaired) electrons. The first-order valence-corrected chi connectivity index (χ1v) is 8.91. The van der Waals surface area contributed by atoms with E-state index in [9.17, 15) is 4.79 Å². The molecular weight excluding hydrogens is 282 g/mol. The standard InChI is InChI=1S/C21H33NO/c1-6-8-9-10-11-12-17(7-2)20(23)22-19-15-13-18(14-16-19)21(3,4)5/h6,8,13-17H,7,9-12H2,1-5H3,(H,22,23). The van der Waals surface area contributed by atoms with Gasteiger partial charge in [0, 0.05) is 11.6 Å². The third-order valence-corrected chi connectivity index (χ3v) is 4.29. The number of amides is 1. The summed E-state index contributed by atoms with van der Waals surface area (Å²) in [5.74, 6) is 0.268. The average Bonchev–Trinajstić information content (AvgIpc) is 2.50. The molecule has 0 heterocycles. The van der Waals surface area contributed by atoms with Gasteiger partial charge in [0.2, 0.25) is 5.91 Å². The van der Waals surface area contributed by atoms with E-state index in [2.05, 4.69) is 57.3 Å². The number of anilines is 1. The van der Waals surface area contributed by atoms with Crippen molar-refractivity contribution in [3.63, 3.8) is 0 Å². The van der Waals surface area contributed by atoms with E-state index in [1.807, 2.05) is 19.1 Å². The van der Waals surface area contributed by atoms with Crippen LogP contribution >= 0.6 is 0 Å². The van der Waals surface area contributed by atoms with Gasteiger partial charge in [-0.15, -0.1) is 0 Å². The molecular formula is C21H33NO. The van der Waals surface area contributed by atoms with E-state index in [4.69, 9.17) is 0 Å². The van der Waals surface area contributed by atoms with Gasteiger partial charge in [-0.3, -0.25) is 4.79 Å². The summed E-state index contributed by atoms with van der Waals surface area (Å²) in [7, 11) is 0. The maximum Gasteiger partial charge on any atom is 0.227 e. The van der Waals surface area contributed by atoms with E-state index in [1.54, 1.807) is 0 Å². The SMILES string of the molecule is CC=CCCCCC(CC)C(=O)Nc1ccc(C(C)(C)C)cc1. The summed E-state index contributed by atoms with van der Waals surface area (Å²) in [5.41, 5.74) is 2.32. The fourth-order valence-corrected chi connectivity index (χ4v) is 2.64. The van der Waals surface area contributed by atoms with Crippen molar-refractivity contribution in [2.75, 3.05) is 5.32 Å². The third kappa shape index (κ3) is 7.02. The molecule has 2 heteroatoms. The van der Waals surface area contributed by atoms with Crippen molar-refractivity contribution >= 4 is 11.6 Å². The lowest BCUT2D eigenvalue weighted by atomic mass is 9.87. The minimum Gasteiger partial charge on any atom is -0.326 e. The fraction of sp³-hybridized carbons (Fsp3) is 0.571. The number of nitrogens with one attached hydrogen (secondary N) is 1. The van der Waals surface area contributed by atoms with Crippen LogP contribution in [-0.2, 0) is 10.2 Å². The molecule has 0 bridgehead atoms. The monoisotopic (exact) mass is 315 g/mol. The van der Waals surface area contributed by atoms with Gasteiger partial charge in [0.05, 0.1) is 0 Å². The van der Waals surface area contributed by atoms with Crippen LogP contribution in [0.2, 0.25) is 0 Å². The first-order valence-electron chi connectivity index (χ1n) is 8.91. The van der Waals surface area contributed by atoms with E-state index in [0.717, 1.165) is 37.8 Å². The minimum atomic E-state index is 0.114. The summed E-state index contributed by atoms with van der Waals surface area (Å²) >= 11 is 0. The molecule has 1 aromatic carbocycles. The number of hydrogen-bond donors (Lipinski definition) is 1. The Morgan fingerprint density at radius 1 is 1.17 bits per heavy atom. The fourth-order valence-electron chi connectivity index (χ4n) is 2.64. The van der Waals surface area contributed by atoms with Gasteiger partial charge in [-0.1, -0.05) is 58.4 Å². The van der Waals surface area contributed by atoms with Crippen molar-refractivity contribution in [2.45, 2.75) is 72.1 Å². The molecule has 2 nitrogen and oxygen atoms in total. The Morgan fingerprint density at radius 3 is 2.35 bits per heavy atom. The first kappa shape index (κ1) is 19.5. The van der Waals surface area contributed by atoms with E-state index in [-0.39, 0.29) is 17.2 Å². The lowest BCUT2D eigenvalue weighted by Crippen LogP contribution is -2.22. The van der Waals surface area contributed by atoms with E-state index in [0.29, 0.717) is 0 Å². The van der Waals surface area contributed by atoms with Crippen molar-refractivity contribution in [1.82, 2.24) is 0 Å². The number of hydrogen-bond acceptors (Lipinski definition) is 1. The molecule has 0 saturated heterocycles. The third-order valence-electron chi connectivity index (χ3n) is 4.29. The minimum absolute atomic E-state index is 0.114. The zero-order valence-electron chi connectivity index (χ0n) is 15.5. The number of unbranched alkanes of at least 4 members (excludes halogenated alkanes) is 2. The molecule has 0 aliphatic heterocycles. The molecule has 0 aliphatic rings. The van der Waals surface area contributed by atoms with Crippen LogP contribution in [0.4, 0.5) is 5.69 Å². The predicted molar refractivity (Wildman–Crippen MR) is 101 cm³/mol. The molecule has 1 N–H and O–H groups in total. The number of allylic oxidation sites excluding steroid dienone is 2. The van der Waals surface area contributed by atoms with E-state index < -0.39 is 0 Å². The molecule has 1 amide bonds. The van der Waals surface area contributed by atoms with Gasteiger partial charge >= 0.3 is 0 Å². The van der Waals surface area contributed by atoms with Crippen molar-refractivity contribution in [1.29, 1.82) is 0 Å². The highest BCUT2D eigenvalue weighted by molar-refractivity contribution is 5.92. The summed E-state index contributed by atoms with van der Waals surface area (Å²) < 4.78 is 0. The Balaban J connectivity index is 2.52. The summed E-state index contributed by atoms with van der Waals surface area (Å²) in [6.07, 6.45) is 9.54. The zero-order chi connectivity index (χ0) is 17.3. The van der Waals surface area contributed by atoms with Crippen LogP contribution in [0.25, 0.3) is 0 Å². The second kappa shape index (κ2) is 9.54. The smallest absolute Gasteiger partial charge is 0.227 e. The average molecular weight is 316 g/mol. The predicted octanol–water partition coefficient (Wildman–Crippen LogP) is 6.09. The molecule has 23 heavy (non-hydrogen) atoms. The molecule has 1 rings (SSSR count). The molecule has 0 fully saturated rings. The Labute approximate surface area is 142 Å². The molecule has 128 valence electrons. The van der Waals surface area contributed by atoms with E-state index in [1.165, 1.54) is 5.56 Å². The van der Waals surface area contributed by atoms with Gasteiger partial charge in [0.1, 0.15) is 0 Å². The van der Waals surface area contributed by atoms with Crippen LogP contribution in [0.3, 0.4) is 0 Å². The van der Waals surface area contributed by atoms with Crippen molar-refractivity contribution in [2.24, 2.45) is 5.92 Å². The summed E-state index contributed by atoms with van der Waals surface area (Å²) in [4.78, 5) is 12.4. The topological polar surface area (TPSA) is 29.1 Å². The van der Waals surface area contributed by atoms with Crippen LogP contribution in [0, 0.1) is 5.92 Å². The largest absolute Gasteiger partial charge is 0.326 e. The van der Waals surface area contributed by atoms with E-state index >= 15 is 0 Å². The van der Waals surface area contributed by atoms with Gasteiger partial charge in [-0.2, -0.15) is 0 Å². The van der Waals surface area contributed by atoms with Gasteiger partial charge in [-0.05, 0) is 55.7 Å². The van der Waals surface area contributed by atoms with Crippen molar-refractivity contribution < 1.29 is 4.79 Å². The van der Waals surface area contributed by atoms with Gasteiger partial charge in [-0.25, -0.2) is 0 Å². The Bertz CT molecular complexity index is 494. The molecule has 0 aliphatic carbocycles. The highest BCUT2D eigenvalue weighted by atomic mass is 16.1. The number of carbonyl (C=O) groups is 1. The maximum atomic E-state index is 12.4. The van der Waals surface area contributed by atoms with Crippen LogP contribution in [-0.4, -0.2) is 5.91 Å². The number of benzene rings is 1. The number of rotatable bonds is 8. The van der Waals surface area contributed by atoms with Gasteiger partial charge in [0.25, 0.3) is 0 Å². The normalized spacial score (nSPS) is 13.3. The molecule has 0 aromatic heterocycles. The van der Waals surface area contributed by atoms with Crippen LogP contribution in [0.1, 0.15) is 72.3 Å². The second-order valence-electron chi connectivity index (χ2n) is 7.28. The summed E-state index contributed by atoms with van der Waals surface area (Å²) in [6, 6.07) is 8.23. The molecule has 1 atom stereocenters. The zero-order valence-corrected chi connectivity index (χ0v) is 15.5. The Hall–Kier alpha value is -1.57. The Morgan fingerprint density at radius 2 is 1.83 bits per heavy atom. The lowest BCUT2D eigenvalue weighted by Gasteiger charge is -2.20. The summed E-state index contributed by atoms with van der Waals surface area (Å²) in [6.45, 7) is 10.7. The quantitative estimate of drug-likeness (QED) is 0.457. The van der Waals surface area contributed by atoms with Crippen LogP contribution < -0.4 is 5.32 Å². The molecule has 1 aromatic rings. The molecule has 1 unspecified atom stereocenters. The first-order chi connectivity index (χ1) is 10.9. The Kier molecular flexibility index (Phi) is 8.08. The number of carbonyl (C=O) groups excluding carboxylic acids is 1. The summed E-state index contributed by atoms with van der Waals surface area (Å²) in [5, 5.41) is 3.07. The second-order valence-corrected chi connectivity index (χ2v) is 7.28. The van der Waals surface area contributed by atoms with Crippen LogP contribution in [0.5, 0.6) is 0 Å². The highest BCUT2D eigenvalue weighted by Gasteiger charge is 2.17. The molecule has 0 saturated carbocycles. The van der Waals surface area contributed by atoms with Gasteiger partial charge < -0.3 is 5.32 Å². The van der Waals surface area contributed by atoms with Crippen LogP contribution in [0.15, 0.2) is 36.4 Å².